The fourth-order valence-corrected chi connectivity index (χ4v) is 9.90. The standard InChI is InChI=1S/C30H49NO2/c1-20(10-9-16-26(2,3)31-33)21-13-18-29(7)22(21)11-12-24-28(6)17-15-25(32)27(4,5)23(28)14-19-30(24,29)8/h9,16,21-25,32H,1,10-15,17-19H2,2-8H3/b16-9+/t21-,22-,23?,24?,25+,28+,29-,30-/m1/s1. The van der Waals surface area contributed by atoms with Crippen LogP contribution in [0.3, 0.4) is 0 Å². The fourth-order valence-electron chi connectivity index (χ4n) is 9.90. The second-order valence-corrected chi connectivity index (χ2v) is 14.2. The molecule has 4 aliphatic rings. The third-order valence-corrected chi connectivity index (χ3v) is 12.0. The van der Waals surface area contributed by atoms with Gasteiger partial charge in [-0.25, -0.2) is 0 Å². The second kappa shape index (κ2) is 8.04. The van der Waals surface area contributed by atoms with Gasteiger partial charge in [0.1, 0.15) is 5.54 Å². The van der Waals surface area contributed by atoms with Gasteiger partial charge in [0.2, 0.25) is 0 Å². The average molecular weight is 456 g/mol. The molecule has 0 aromatic heterocycles. The van der Waals surface area contributed by atoms with Gasteiger partial charge in [0.05, 0.1) is 6.10 Å². The van der Waals surface area contributed by atoms with Crippen molar-refractivity contribution in [2.45, 2.75) is 118 Å². The SMILES string of the molecule is C=C(C/C=C/C(C)(C)N=O)[C@H]1CC[C@]2(C)[C@@H]1CCC1[C@@]3(C)CC[C@H](O)C(C)(C)C3CC[C@]12C. The molecule has 0 saturated heterocycles. The highest BCUT2D eigenvalue weighted by Gasteiger charge is 2.68. The normalized spacial score (nSPS) is 47.0. The summed E-state index contributed by atoms with van der Waals surface area (Å²) in [6, 6.07) is 0. The highest BCUT2D eigenvalue weighted by atomic mass is 16.3. The Bertz CT molecular complexity index is 827. The van der Waals surface area contributed by atoms with Crippen LogP contribution >= 0.6 is 0 Å². The lowest BCUT2D eigenvalue weighted by Crippen LogP contribution is -2.63. The lowest BCUT2D eigenvalue weighted by atomic mass is 9.35. The van der Waals surface area contributed by atoms with Gasteiger partial charge in [-0.2, -0.15) is 0 Å². The number of allylic oxidation sites excluding steroid dienone is 2. The molecule has 4 saturated carbocycles. The van der Waals surface area contributed by atoms with E-state index >= 15 is 0 Å². The molecule has 0 aliphatic heterocycles. The number of aliphatic hydroxyl groups is 1. The van der Waals surface area contributed by atoms with Crippen molar-refractivity contribution in [3.8, 4) is 0 Å². The summed E-state index contributed by atoms with van der Waals surface area (Å²) in [4.78, 5) is 11.0. The number of nitroso groups, excluding NO2 is 1. The molecule has 1 N–H and O–H groups in total. The van der Waals surface area contributed by atoms with Crippen molar-refractivity contribution in [1.29, 1.82) is 0 Å². The Hall–Kier alpha value is -0.960. The molecular weight excluding hydrogens is 406 g/mol. The van der Waals surface area contributed by atoms with Crippen molar-refractivity contribution in [2.75, 3.05) is 0 Å². The zero-order valence-corrected chi connectivity index (χ0v) is 22.4. The molecule has 4 aliphatic carbocycles. The Labute approximate surface area is 202 Å². The molecule has 0 heterocycles. The zero-order valence-electron chi connectivity index (χ0n) is 22.4. The molecule has 0 aromatic rings. The van der Waals surface area contributed by atoms with Crippen molar-refractivity contribution in [3.05, 3.63) is 29.2 Å². The molecular formula is C30H49NO2. The minimum atomic E-state index is -0.633. The molecule has 4 fully saturated rings. The lowest BCUT2D eigenvalue weighted by molar-refractivity contribution is -0.220. The maximum absolute atomic E-state index is 11.0. The smallest absolute Gasteiger partial charge is 0.115 e. The molecule has 0 radical (unpaired) electrons. The summed E-state index contributed by atoms with van der Waals surface area (Å²) in [7, 11) is 0. The predicted molar refractivity (Wildman–Crippen MR) is 138 cm³/mol. The fraction of sp³-hybridized carbons (Fsp3) is 0.867. The van der Waals surface area contributed by atoms with E-state index in [1.165, 1.54) is 50.5 Å². The quantitative estimate of drug-likeness (QED) is 0.336. The summed E-state index contributed by atoms with van der Waals surface area (Å²) in [5.74, 6) is 2.70. The van der Waals surface area contributed by atoms with E-state index in [9.17, 15) is 10.0 Å². The molecule has 0 bridgehead atoms. The summed E-state index contributed by atoms with van der Waals surface area (Å²) in [6.45, 7) is 20.8. The monoisotopic (exact) mass is 455 g/mol. The Morgan fingerprint density at radius 3 is 2.30 bits per heavy atom. The Morgan fingerprint density at radius 2 is 1.64 bits per heavy atom. The average Bonchev–Trinajstić information content (AvgIpc) is 3.09. The maximum Gasteiger partial charge on any atom is 0.115 e. The van der Waals surface area contributed by atoms with E-state index in [0.717, 1.165) is 24.7 Å². The molecule has 0 aromatic carbocycles. The summed E-state index contributed by atoms with van der Waals surface area (Å²) in [5, 5.41) is 14.1. The van der Waals surface area contributed by atoms with E-state index in [1.807, 2.05) is 19.9 Å². The first-order valence-electron chi connectivity index (χ1n) is 13.6. The number of hydrogen-bond donors (Lipinski definition) is 1. The third-order valence-electron chi connectivity index (χ3n) is 12.0. The van der Waals surface area contributed by atoms with Gasteiger partial charge in [-0.3, -0.25) is 0 Å². The van der Waals surface area contributed by atoms with E-state index in [-0.39, 0.29) is 11.5 Å². The van der Waals surface area contributed by atoms with Crippen molar-refractivity contribution in [2.24, 2.45) is 50.5 Å². The van der Waals surface area contributed by atoms with Gasteiger partial charge in [0, 0.05) is 0 Å². The van der Waals surface area contributed by atoms with E-state index in [0.29, 0.717) is 28.1 Å². The van der Waals surface area contributed by atoms with E-state index in [4.69, 9.17) is 0 Å². The van der Waals surface area contributed by atoms with Crippen LogP contribution in [0, 0.1) is 50.2 Å². The first-order chi connectivity index (χ1) is 15.2. The van der Waals surface area contributed by atoms with Gasteiger partial charge in [-0.05, 0) is 117 Å². The van der Waals surface area contributed by atoms with Crippen LogP contribution in [0.25, 0.3) is 0 Å². The maximum atomic E-state index is 11.0. The highest BCUT2D eigenvalue weighted by Crippen LogP contribution is 2.75. The van der Waals surface area contributed by atoms with Gasteiger partial charge < -0.3 is 5.11 Å². The molecule has 0 amide bonds. The van der Waals surface area contributed by atoms with Crippen LogP contribution in [0.5, 0.6) is 0 Å². The molecule has 8 atom stereocenters. The molecule has 4 rings (SSSR count). The van der Waals surface area contributed by atoms with Crippen LogP contribution in [0.15, 0.2) is 29.5 Å². The first kappa shape index (κ1) is 25.1. The lowest BCUT2D eigenvalue weighted by Gasteiger charge is -2.69. The van der Waals surface area contributed by atoms with Gasteiger partial charge >= 0.3 is 0 Å². The Balaban J connectivity index is 1.56. The van der Waals surface area contributed by atoms with E-state index in [2.05, 4.69) is 52.5 Å². The largest absolute Gasteiger partial charge is 0.393 e. The minimum absolute atomic E-state index is 0.0229. The summed E-state index contributed by atoms with van der Waals surface area (Å²) >= 11 is 0. The molecule has 186 valence electrons. The molecule has 2 unspecified atom stereocenters. The van der Waals surface area contributed by atoms with Crippen LogP contribution in [0.1, 0.15) is 106 Å². The number of fused-ring (bicyclic) bond motifs is 5. The van der Waals surface area contributed by atoms with Gasteiger partial charge in [-0.15, -0.1) is 4.91 Å². The van der Waals surface area contributed by atoms with Crippen molar-refractivity contribution in [3.63, 3.8) is 0 Å². The summed E-state index contributed by atoms with van der Waals surface area (Å²) < 4.78 is 0. The highest BCUT2D eigenvalue weighted by molar-refractivity contribution is 5.22. The van der Waals surface area contributed by atoms with Gasteiger partial charge in [-0.1, -0.05) is 64.1 Å². The summed E-state index contributed by atoms with van der Waals surface area (Å²) in [5.41, 5.74) is 1.82. The number of aliphatic hydroxyl groups excluding tert-OH is 1. The second-order valence-electron chi connectivity index (χ2n) is 14.2. The van der Waals surface area contributed by atoms with Crippen LogP contribution in [-0.4, -0.2) is 16.7 Å². The summed E-state index contributed by atoms with van der Waals surface area (Å²) in [6.07, 6.45) is 14.7. The Kier molecular flexibility index (Phi) is 6.12. The molecule has 3 heteroatoms. The van der Waals surface area contributed by atoms with Gasteiger partial charge in [0.15, 0.2) is 0 Å². The van der Waals surface area contributed by atoms with Crippen LogP contribution in [0.4, 0.5) is 0 Å². The number of rotatable bonds is 5. The number of nitrogens with zero attached hydrogens (tertiary/aromatic N) is 1. The zero-order chi connectivity index (χ0) is 24.4. The molecule has 0 spiro atoms. The van der Waals surface area contributed by atoms with Crippen LogP contribution in [0.2, 0.25) is 0 Å². The topological polar surface area (TPSA) is 49.7 Å². The van der Waals surface area contributed by atoms with Crippen molar-refractivity contribution in [1.82, 2.24) is 0 Å². The third kappa shape index (κ3) is 3.62. The van der Waals surface area contributed by atoms with Crippen molar-refractivity contribution >= 4 is 0 Å². The minimum Gasteiger partial charge on any atom is -0.393 e. The van der Waals surface area contributed by atoms with E-state index in [1.54, 1.807) is 0 Å². The molecule has 3 nitrogen and oxygen atoms in total. The predicted octanol–water partition coefficient (Wildman–Crippen LogP) is 8.08. The molecule has 33 heavy (non-hydrogen) atoms. The first-order valence-corrected chi connectivity index (χ1v) is 13.6. The van der Waals surface area contributed by atoms with Gasteiger partial charge in [0.25, 0.3) is 0 Å². The van der Waals surface area contributed by atoms with E-state index < -0.39 is 5.54 Å². The van der Waals surface area contributed by atoms with Crippen molar-refractivity contribution < 1.29 is 5.11 Å². The van der Waals surface area contributed by atoms with Crippen LogP contribution in [-0.2, 0) is 0 Å². The number of hydrogen-bond acceptors (Lipinski definition) is 3. The Morgan fingerprint density at radius 1 is 0.970 bits per heavy atom. The van der Waals surface area contributed by atoms with Crippen LogP contribution < -0.4 is 0 Å².